The third kappa shape index (κ3) is 3.54. The summed E-state index contributed by atoms with van der Waals surface area (Å²) in [6, 6.07) is 18.5. The number of rotatable bonds is 4. The van der Waals surface area contributed by atoms with E-state index < -0.39 is 16.6 Å². The highest BCUT2D eigenvalue weighted by Crippen LogP contribution is 2.55. The van der Waals surface area contributed by atoms with Crippen LogP contribution < -0.4 is 15.1 Å². The molecule has 0 saturated carbocycles. The second-order valence-electron chi connectivity index (χ2n) is 8.47. The number of benzene rings is 3. The normalized spacial score (nSPS) is 19.1. The molecule has 3 amide bonds. The summed E-state index contributed by atoms with van der Waals surface area (Å²) in [5.74, 6) is -1.16. The summed E-state index contributed by atoms with van der Waals surface area (Å²) >= 11 is 1.27. The maximum atomic E-state index is 14.0. The highest BCUT2D eigenvalue weighted by molar-refractivity contribution is 8.02. The maximum absolute atomic E-state index is 14.0. The lowest BCUT2D eigenvalue weighted by molar-refractivity contribution is -0.124. The van der Waals surface area contributed by atoms with E-state index in [0.717, 1.165) is 11.1 Å². The van der Waals surface area contributed by atoms with Gasteiger partial charge >= 0.3 is 0 Å². The van der Waals surface area contributed by atoms with Crippen LogP contribution in [0.4, 0.5) is 21.5 Å². The van der Waals surface area contributed by atoms with Crippen LogP contribution in [0.1, 0.15) is 16.7 Å². The fourth-order valence-electron chi connectivity index (χ4n) is 4.67. The van der Waals surface area contributed by atoms with Crippen LogP contribution in [0.3, 0.4) is 0 Å². The van der Waals surface area contributed by atoms with Gasteiger partial charge in [-0.15, -0.1) is 11.8 Å². The Bertz CT molecular complexity index is 1310. The Morgan fingerprint density at radius 3 is 2.41 bits per heavy atom. The van der Waals surface area contributed by atoms with Gasteiger partial charge in [-0.1, -0.05) is 24.3 Å². The van der Waals surface area contributed by atoms with E-state index in [9.17, 15) is 18.8 Å². The molecule has 2 heterocycles. The molecule has 1 fully saturated rings. The molecule has 34 heavy (non-hydrogen) atoms. The van der Waals surface area contributed by atoms with Gasteiger partial charge in [0, 0.05) is 16.9 Å². The summed E-state index contributed by atoms with van der Waals surface area (Å²) in [5, 5.41) is 2.71. The molecule has 8 heteroatoms. The summed E-state index contributed by atoms with van der Waals surface area (Å²) in [7, 11) is 0. The summed E-state index contributed by atoms with van der Waals surface area (Å²) < 4.78 is 13.2. The Balaban J connectivity index is 1.53. The van der Waals surface area contributed by atoms with Gasteiger partial charge in [-0.3, -0.25) is 24.2 Å². The molecular formula is C26H22FN3O3S. The molecule has 1 saturated heterocycles. The van der Waals surface area contributed by atoms with E-state index in [1.165, 1.54) is 40.9 Å². The predicted octanol–water partition coefficient (Wildman–Crippen LogP) is 4.36. The molecule has 0 aliphatic carbocycles. The second kappa shape index (κ2) is 8.29. The van der Waals surface area contributed by atoms with E-state index in [-0.39, 0.29) is 24.1 Å². The molecule has 172 valence electrons. The molecule has 0 aromatic heterocycles. The Hall–Kier alpha value is -3.65. The van der Waals surface area contributed by atoms with E-state index in [0.29, 0.717) is 22.6 Å². The fourth-order valence-corrected chi connectivity index (χ4v) is 6.03. The van der Waals surface area contributed by atoms with Crippen LogP contribution in [-0.4, -0.2) is 30.0 Å². The molecule has 2 aliphatic heterocycles. The molecule has 1 spiro atoms. The number of anilines is 3. The number of nitrogens with one attached hydrogen (secondary N) is 1. The van der Waals surface area contributed by atoms with Gasteiger partial charge in [0.15, 0.2) is 0 Å². The number of fused-ring (bicyclic) bond motifs is 2. The number of thioether (sulfide) groups is 1. The zero-order valence-electron chi connectivity index (χ0n) is 18.7. The SMILES string of the molecule is Cc1cc(C)cc(N2C(=O)CSC23C(=O)N(CC(=O)Nc2ccc(F)cc2)c2ccccc23)c1. The van der Waals surface area contributed by atoms with Crippen molar-refractivity contribution in [2.45, 2.75) is 18.7 Å². The van der Waals surface area contributed by atoms with Gasteiger partial charge in [0.2, 0.25) is 16.7 Å². The molecule has 1 atom stereocenters. The number of hydrogen-bond donors (Lipinski definition) is 1. The van der Waals surface area contributed by atoms with Crippen LogP contribution in [0, 0.1) is 19.7 Å². The minimum absolute atomic E-state index is 0.155. The van der Waals surface area contributed by atoms with Crippen molar-refractivity contribution >= 4 is 46.5 Å². The van der Waals surface area contributed by atoms with E-state index in [4.69, 9.17) is 0 Å². The average molecular weight is 476 g/mol. The van der Waals surface area contributed by atoms with E-state index in [1.54, 1.807) is 17.0 Å². The van der Waals surface area contributed by atoms with E-state index >= 15 is 0 Å². The Morgan fingerprint density at radius 1 is 1.03 bits per heavy atom. The Morgan fingerprint density at radius 2 is 1.71 bits per heavy atom. The second-order valence-corrected chi connectivity index (χ2v) is 9.64. The summed E-state index contributed by atoms with van der Waals surface area (Å²) in [5.41, 5.74) is 4.35. The first-order valence-electron chi connectivity index (χ1n) is 10.8. The highest BCUT2D eigenvalue weighted by atomic mass is 32.2. The van der Waals surface area contributed by atoms with Crippen molar-refractivity contribution in [3.63, 3.8) is 0 Å². The van der Waals surface area contributed by atoms with Gasteiger partial charge in [-0.05, 0) is 67.4 Å². The van der Waals surface area contributed by atoms with Crippen molar-refractivity contribution in [3.05, 3.63) is 89.2 Å². The van der Waals surface area contributed by atoms with Gasteiger partial charge in [-0.2, -0.15) is 0 Å². The largest absolute Gasteiger partial charge is 0.325 e. The molecule has 1 N–H and O–H groups in total. The van der Waals surface area contributed by atoms with E-state index in [1.807, 2.05) is 44.2 Å². The molecule has 3 aromatic carbocycles. The molecule has 0 radical (unpaired) electrons. The quantitative estimate of drug-likeness (QED) is 0.609. The zero-order chi connectivity index (χ0) is 24.0. The van der Waals surface area contributed by atoms with Crippen molar-refractivity contribution < 1.29 is 18.8 Å². The molecule has 2 aliphatic rings. The summed E-state index contributed by atoms with van der Waals surface area (Å²) in [6.07, 6.45) is 0. The standard InChI is InChI=1S/C26H22FN3O3S/c1-16-11-17(2)13-20(12-16)30-24(32)15-34-26(30)21-5-3-4-6-22(21)29(25(26)33)14-23(31)28-19-9-7-18(27)8-10-19/h3-13H,14-15H2,1-2H3,(H,28,31). The number of amides is 3. The van der Waals surface area contributed by atoms with Crippen molar-refractivity contribution in [2.24, 2.45) is 0 Å². The molecule has 0 bridgehead atoms. The molecule has 6 nitrogen and oxygen atoms in total. The smallest absolute Gasteiger partial charge is 0.269 e. The topological polar surface area (TPSA) is 69.7 Å². The lowest BCUT2D eigenvalue weighted by Crippen LogP contribution is -2.51. The predicted molar refractivity (Wildman–Crippen MR) is 131 cm³/mol. The number of carbonyl (C=O) groups is 3. The third-order valence-corrected chi connectivity index (χ3v) is 7.34. The van der Waals surface area contributed by atoms with Crippen LogP contribution in [0.2, 0.25) is 0 Å². The van der Waals surface area contributed by atoms with Gasteiger partial charge < -0.3 is 5.32 Å². The zero-order valence-corrected chi connectivity index (χ0v) is 19.5. The lowest BCUT2D eigenvalue weighted by Gasteiger charge is -2.33. The first-order valence-corrected chi connectivity index (χ1v) is 11.8. The molecular weight excluding hydrogens is 453 g/mol. The Kier molecular flexibility index (Phi) is 5.40. The van der Waals surface area contributed by atoms with Gasteiger partial charge in [-0.25, -0.2) is 4.39 Å². The van der Waals surface area contributed by atoms with Crippen LogP contribution in [0.15, 0.2) is 66.7 Å². The minimum Gasteiger partial charge on any atom is -0.325 e. The first kappa shape index (κ1) is 22.2. The Labute approximate surface area is 200 Å². The van der Waals surface area contributed by atoms with Crippen molar-refractivity contribution in [1.29, 1.82) is 0 Å². The third-order valence-electron chi connectivity index (χ3n) is 5.96. The summed E-state index contributed by atoms with van der Waals surface area (Å²) in [6.45, 7) is 3.67. The average Bonchev–Trinajstić information content (AvgIpc) is 3.26. The molecule has 3 aromatic rings. The lowest BCUT2D eigenvalue weighted by atomic mass is 10.0. The first-order chi connectivity index (χ1) is 16.3. The number of para-hydroxylation sites is 1. The molecule has 1 unspecified atom stereocenters. The number of nitrogens with zero attached hydrogens (tertiary/aromatic N) is 2. The fraction of sp³-hybridized carbons (Fsp3) is 0.192. The van der Waals surface area contributed by atoms with Crippen LogP contribution >= 0.6 is 11.8 Å². The number of hydrogen-bond acceptors (Lipinski definition) is 4. The monoisotopic (exact) mass is 475 g/mol. The number of aryl methyl sites for hydroxylation is 2. The van der Waals surface area contributed by atoms with Crippen LogP contribution in [-0.2, 0) is 19.3 Å². The number of halogens is 1. The van der Waals surface area contributed by atoms with Crippen molar-refractivity contribution in [2.75, 3.05) is 27.4 Å². The van der Waals surface area contributed by atoms with Crippen LogP contribution in [0.5, 0.6) is 0 Å². The van der Waals surface area contributed by atoms with Gasteiger partial charge in [0.1, 0.15) is 12.4 Å². The molecule has 5 rings (SSSR count). The van der Waals surface area contributed by atoms with Crippen LogP contribution in [0.25, 0.3) is 0 Å². The minimum atomic E-state index is -1.27. The van der Waals surface area contributed by atoms with Gasteiger partial charge in [0.25, 0.3) is 5.91 Å². The van der Waals surface area contributed by atoms with E-state index in [2.05, 4.69) is 5.32 Å². The van der Waals surface area contributed by atoms with Crippen molar-refractivity contribution in [3.8, 4) is 0 Å². The highest BCUT2D eigenvalue weighted by Gasteiger charge is 2.61. The number of carbonyl (C=O) groups excluding carboxylic acids is 3. The maximum Gasteiger partial charge on any atom is 0.269 e. The van der Waals surface area contributed by atoms with Crippen molar-refractivity contribution in [1.82, 2.24) is 0 Å². The van der Waals surface area contributed by atoms with Gasteiger partial charge in [0.05, 0.1) is 11.4 Å². The summed E-state index contributed by atoms with van der Waals surface area (Å²) in [4.78, 5) is 41.7.